The number of para-hydroxylation sites is 2. The highest BCUT2D eigenvalue weighted by Crippen LogP contribution is 2.32. The van der Waals surface area contributed by atoms with Crippen LogP contribution in [0.3, 0.4) is 0 Å². The molecule has 0 unspecified atom stereocenters. The van der Waals surface area contributed by atoms with Gasteiger partial charge in [-0.2, -0.15) is 8.42 Å². The number of imidazole rings is 1. The first-order valence-electron chi connectivity index (χ1n) is 7.06. The van der Waals surface area contributed by atoms with Gasteiger partial charge in [0.15, 0.2) is 5.52 Å². The van der Waals surface area contributed by atoms with Crippen LogP contribution in [-0.2, 0) is 10.2 Å². The summed E-state index contributed by atoms with van der Waals surface area (Å²) in [7, 11) is -4.00. The summed E-state index contributed by atoms with van der Waals surface area (Å²) in [5.41, 5.74) is 1.25. The number of hydrogen-bond donors (Lipinski definition) is 1. The smallest absolute Gasteiger partial charge is 0.304 e. The molecule has 0 aliphatic rings. The predicted molar refractivity (Wildman–Crippen MR) is 90.1 cm³/mol. The second kappa shape index (κ2) is 5.29. The van der Waals surface area contributed by atoms with Crippen LogP contribution in [0.4, 0.5) is 0 Å². The van der Waals surface area contributed by atoms with Crippen molar-refractivity contribution in [2.45, 2.75) is 0 Å². The molecule has 2 heterocycles. The Kier molecular flexibility index (Phi) is 3.22. The fraction of sp³-hybridized carbons (Fsp3) is 0. The van der Waals surface area contributed by atoms with Gasteiger partial charge in [-0.25, -0.2) is 19.1 Å². The molecule has 120 valence electrons. The largest absolute Gasteiger partial charge is 0.437 e. The van der Waals surface area contributed by atoms with Crippen LogP contribution < -0.4 is 9.88 Å². The van der Waals surface area contributed by atoms with Crippen LogP contribution >= 0.6 is 0 Å². The minimum Gasteiger partial charge on any atom is -0.437 e. The fourth-order valence-corrected chi connectivity index (χ4v) is 3.15. The van der Waals surface area contributed by atoms with E-state index < -0.39 is 10.2 Å². The Bertz CT molecular complexity index is 1150. The normalized spacial score (nSPS) is 11.9. The molecule has 0 radical (unpaired) electrons. The number of nitrogens with zero attached hydrogens (tertiary/aromatic N) is 3. The van der Waals surface area contributed by atoms with E-state index in [2.05, 4.69) is 9.97 Å². The molecule has 24 heavy (non-hydrogen) atoms. The lowest BCUT2D eigenvalue weighted by Crippen LogP contribution is -2.20. The average molecular weight is 340 g/mol. The van der Waals surface area contributed by atoms with E-state index in [1.54, 1.807) is 30.3 Å². The lowest BCUT2D eigenvalue weighted by Gasteiger charge is -2.09. The third kappa shape index (κ3) is 2.38. The minimum atomic E-state index is -4.00. The van der Waals surface area contributed by atoms with Gasteiger partial charge in [0.2, 0.25) is 5.88 Å². The Morgan fingerprint density at radius 3 is 2.46 bits per heavy atom. The van der Waals surface area contributed by atoms with E-state index in [0.717, 1.165) is 10.3 Å². The molecule has 0 atom stereocenters. The second-order valence-electron chi connectivity index (χ2n) is 5.13. The fourth-order valence-electron chi connectivity index (χ4n) is 2.53. The maximum Gasteiger partial charge on any atom is 0.304 e. The number of ether oxygens (including phenoxy) is 1. The van der Waals surface area contributed by atoms with Crippen LogP contribution in [0.25, 0.3) is 21.9 Å². The van der Waals surface area contributed by atoms with Crippen molar-refractivity contribution in [3.8, 4) is 11.6 Å². The van der Waals surface area contributed by atoms with Crippen molar-refractivity contribution in [2.75, 3.05) is 0 Å². The summed E-state index contributed by atoms with van der Waals surface area (Å²) in [6.45, 7) is 0. The van der Waals surface area contributed by atoms with Crippen molar-refractivity contribution >= 4 is 32.1 Å². The van der Waals surface area contributed by atoms with Crippen molar-refractivity contribution in [3.05, 3.63) is 60.9 Å². The number of benzene rings is 2. The number of pyridine rings is 1. The van der Waals surface area contributed by atoms with Crippen LogP contribution in [0.15, 0.2) is 60.9 Å². The van der Waals surface area contributed by atoms with Gasteiger partial charge in [-0.15, -0.1) is 0 Å². The van der Waals surface area contributed by atoms with Crippen molar-refractivity contribution in [1.82, 2.24) is 13.9 Å². The molecule has 2 N–H and O–H groups in total. The molecule has 4 rings (SSSR count). The van der Waals surface area contributed by atoms with Gasteiger partial charge in [0.1, 0.15) is 12.1 Å². The van der Waals surface area contributed by atoms with Gasteiger partial charge in [0.05, 0.1) is 11.0 Å². The number of rotatable bonds is 3. The zero-order chi connectivity index (χ0) is 16.7. The summed E-state index contributed by atoms with van der Waals surface area (Å²) in [5.74, 6) is 0.795. The number of fused-ring (bicyclic) bond motifs is 3. The van der Waals surface area contributed by atoms with E-state index in [-0.39, 0.29) is 5.88 Å². The Labute approximate surface area is 137 Å². The molecule has 0 saturated carbocycles. The summed E-state index contributed by atoms with van der Waals surface area (Å²) >= 11 is 0. The molecule has 7 nitrogen and oxygen atoms in total. The Morgan fingerprint density at radius 1 is 1.00 bits per heavy atom. The van der Waals surface area contributed by atoms with Gasteiger partial charge in [-0.3, -0.25) is 0 Å². The molecule has 2 aromatic heterocycles. The standard InChI is InChI=1S/C16H12N4O3S/c17-24(21,22)20-10-18-14-15(20)12-8-4-5-9-13(12)19-16(14)23-11-6-2-1-3-7-11/h1-10H,(H2,17,21,22). The molecular weight excluding hydrogens is 328 g/mol. The van der Waals surface area contributed by atoms with Crippen LogP contribution in [0.2, 0.25) is 0 Å². The van der Waals surface area contributed by atoms with Gasteiger partial charge in [0.25, 0.3) is 0 Å². The second-order valence-corrected chi connectivity index (χ2v) is 6.56. The number of nitrogens with two attached hydrogens (primary N) is 1. The highest BCUT2D eigenvalue weighted by atomic mass is 32.2. The molecule has 0 amide bonds. The first-order chi connectivity index (χ1) is 11.5. The Morgan fingerprint density at radius 2 is 1.71 bits per heavy atom. The van der Waals surface area contributed by atoms with Crippen molar-refractivity contribution in [1.29, 1.82) is 0 Å². The maximum atomic E-state index is 11.9. The molecule has 2 aromatic carbocycles. The van der Waals surface area contributed by atoms with Crippen molar-refractivity contribution < 1.29 is 13.2 Å². The lowest BCUT2D eigenvalue weighted by molar-refractivity contribution is 0.470. The molecule has 0 fully saturated rings. The van der Waals surface area contributed by atoms with Crippen LogP contribution in [0, 0.1) is 0 Å². The SMILES string of the molecule is NS(=O)(=O)n1cnc2c(Oc3ccccc3)nc3ccccc3c21. The first kappa shape index (κ1) is 14.6. The van der Waals surface area contributed by atoms with Crippen LogP contribution in [0.1, 0.15) is 0 Å². The van der Waals surface area contributed by atoms with Crippen LogP contribution in [0.5, 0.6) is 11.6 Å². The first-order valence-corrected chi connectivity index (χ1v) is 8.56. The monoisotopic (exact) mass is 340 g/mol. The highest BCUT2D eigenvalue weighted by molar-refractivity contribution is 7.87. The average Bonchev–Trinajstić information content (AvgIpc) is 3.02. The van der Waals surface area contributed by atoms with Gasteiger partial charge < -0.3 is 4.74 Å². The quantitative estimate of drug-likeness (QED) is 0.617. The molecule has 0 saturated heterocycles. The highest BCUT2D eigenvalue weighted by Gasteiger charge is 2.19. The maximum absolute atomic E-state index is 11.9. The van der Waals surface area contributed by atoms with E-state index in [9.17, 15) is 8.42 Å². The molecule has 0 aliphatic heterocycles. The van der Waals surface area contributed by atoms with Gasteiger partial charge in [-0.1, -0.05) is 36.4 Å². The summed E-state index contributed by atoms with van der Waals surface area (Å²) in [5, 5.41) is 5.92. The Balaban J connectivity index is 2.05. The molecule has 0 aliphatic carbocycles. The molecular formula is C16H12N4O3S. The van der Waals surface area contributed by atoms with E-state index in [0.29, 0.717) is 27.7 Å². The van der Waals surface area contributed by atoms with Crippen molar-refractivity contribution in [2.24, 2.45) is 5.14 Å². The molecule has 0 bridgehead atoms. The van der Waals surface area contributed by atoms with E-state index in [1.165, 1.54) is 0 Å². The molecule has 0 spiro atoms. The number of hydrogen-bond acceptors (Lipinski definition) is 5. The summed E-state index contributed by atoms with van der Waals surface area (Å²) in [6.07, 6.45) is 1.16. The summed E-state index contributed by atoms with van der Waals surface area (Å²) < 4.78 is 30.5. The third-order valence-corrected chi connectivity index (χ3v) is 4.38. The summed E-state index contributed by atoms with van der Waals surface area (Å²) in [6, 6.07) is 16.2. The van der Waals surface area contributed by atoms with E-state index >= 15 is 0 Å². The third-order valence-electron chi connectivity index (χ3n) is 3.55. The summed E-state index contributed by atoms with van der Waals surface area (Å²) in [4.78, 5) is 8.61. The molecule has 4 aromatic rings. The Hall–Kier alpha value is -2.97. The van der Waals surface area contributed by atoms with E-state index in [4.69, 9.17) is 9.88 Å². The molecule has 8 heteroatoms. The van der Waals surface area contributed by atoms with Gasteiger partial charge >= 0.3 is 10.2 Å². The zero-order valence-corrected chi connectivity index (χ0v) is 13.1. The predicted octanol–water partition coefficient (Wildman–Crippen LogP) is 2.43. The topological polar surface area (TPSA) is 100 Å². The zero-order valence-electron chi connectivity index (χ0n) is 12.3. The van der Waals surface area contributed by atoms with E-state index in [1.807, 2.05) is 24.3 Å². The van der Waals surface area contributed by atoms with Gasteiger partial charge in [-0.05, 0) is 18.2 Å². The lowest BCUT2D eigenvalue weighted by atomic mass is 10.2. The number of aromatic nitrogens is 3. The van der Waals surface area contributed by atoms with Crippen molar-refractivity contribution in [3.63, 3.8) is 0 Å². The van der Waals surface area contributed by atoms with Crippen LogP contribution in [-0.4, -0.2) is 22.4 Å². The van der Waals surface area contributed by atoms with Gasteiger partial charge in [0, 0.05) is 5.39 Å². The minimum absolute atomic E-state index is 0.220.